The van der Waals surface area contributed by atoms with Crippen LogP contribution in [-0.4, -0.2) is 11.6 Å². The van der Waals surface area contributed by atoms with E-state index in [0.29, 0.717) is 0 Å². The summed E-state index contributed by atoms with van der Waals surface area (Å²) in [5, 5.41) is 8.42. The van der Waals surface area contributed by atoms with Crippen LogP contribution in [0.15, 0.2) is 0 Å². The van der Waals surface area contributed by atoms with Crippen molar-refractivity contribution in [2.24, 2.45) is 5.92 Å². The van der Waals surface area contributed by atoms with Gasteiger partial charge in [0.25, 0.3) is 0 Å². The molecule has 0 fully saturated rings. The Bertz CT molecular complexity index is 198. The smallest absolute Gasteiger partial charge is 0.307 e. The third-order valence-electron chi connectivity index (χ3n) is 1.11. The Labute approximate surface area is 73.3 Å². The molecule has 0 aliphatic carbocycles. The summed E-state index contributed by atoms with van der Waals surface area (Å²) in [6.45, 7) is 7.12. The number of hydrogen-bond acceptors (Lipinski definition) is 3. The van der Waals surface area contributed by atoms with E-state index in [2.05, 4.69) is 0 Å². The minimum absolute atomic E-state index is 0.174. The molecule has 0 amide bonds. The van der Waals surface area contributed by atoms with Crippen LogP contribution in [0.3, 0.4) is 0 Å². The molecule has 0 aromatic heterocycles. The van der Waals surface area contributed by atoms with Crippen LogP contribution in [0.1, 0.15) is 34.1 Å². The van der Waals surface area contributed by atoms with Crippen LogP contribution in [0.4, 0.5) is 0 Å². The molecule has 0 spiro atoms. The van der Waals surface area contributed by atoms with Crippen LogP contribution in [-0.2, 0) is 9.53 Å². The SMILES string of the molecule is CC(C#N)CC(=O)OC(C)(C)C. The van der Waals surface area contributed by atoms with Gasteiger partial charge >= 0.3 is 5.97 Å². The maximum Gasteiger partial charge on any atom is 0.307 e. The third kappa shape index (κ3) is 5.72. The summed E-state index contributed by atoms with van der Waals surface area (Å²) in [6, 6.07) is 1.98. The van der Waals surface area contributed by atoms with Gasteiger partial charge in [0.2, 0.25) is 0 Å². The zero-order chi connectivity index (χ0) is 9.78. The summed E-state index contributed by atoms with van der Waals surface area (Å²) in [4.78, 5) is 11.1. The first-order chi connectivity index (χ1) is 5.35. The monoisotopic (exact) mass is 169 g/mol. The van der Waals surface area contributed by atoms with Gasteiger partial charge in [0.1, 0.15) is 5.60 Å². The van der Waals surface area contributed by atoms with Crippen molar-refractivity contribution in [1.82, 2.24) is 0 Å². The Kier molecular flexibility index (Phi) is 3.75. The average Bonchev–Trinajstić information content (AvgIpc) is 1.82. The fraction of sp³-hybridized carbons (Fsp3) is 0.778. The molecule has 0 N–H and O–H groups in total. The summed E-state index contributed by atoms with van der Waals surface area (Å²) in [5.41, 5.74) is -0.452. The van der Waals surface area contributed by atoms with Crippen molar-refractivity contribution in [1.29, 1.82) is 5.26 Å². The number of nitrogens with zero attached hydrogens (tertiary/aromatic N) is 1. The third-order valence-corrected chi connectivity index (χ3v) is 1.11. The van der Waals surface area contributed by atoms with E-state index >= 15 is 0 Å². The molecule has 3 heteroatoms. The fourth-order valence-electron chi connectivity index (χ4n) is 0.679. The number of nitriles is 1. The molecule has 3 nitrogen and oxygen atoms in total. The molecular weight excluding hydrogens is 154 g/mol. The maximum absolute atomic E-state index is 11.1. The maximum atomic E-state index is 11.1. The highest BCUT2D eigenvalue weighted by Gasteiger charge is 2.17. The molecule has 0 saturated heterocycles. The van der Waals surface area contributed by atoms with E-state index in [9.17, 15) is 4.79 Å². The molecule has 0 aromatic carbocycles. The van der Waals surface area contributed by atoms with Gasteiger partial charge in [-0.1, -0.05) is 0 Å². The summed E-state index contributed by atoms with van der Waals surface area (Å²) < 4.78 is 5.02. The van der Waals surface area contributed by atoms with Crippen molar-refractivity contribution in [3.05, 3.63) is 0 Å². The summed E-state index contributed by atoms with van der Waals surface area (Å²) in [6.07, 6.45) is 0.174. The number of hydrogen-bond donors (Lipinski definition) is 0. The molecule has 0 heterocycles. The molecular formula is C9H15NO2. The second-order valence-corrected chi connectivity index (χ2v) is 3.82. The van der Waals surface area contributed by atoms with E-state index in [-0.39, 0.29) is 18.3 Å². The van der Waals surface area contributed by atoms with E-state index in [4.69, 9.17) is 10.00 Å². The molecule has 68 valence electrons. The lowest BCUT2D eigenvalue weighted by atomic mass is 10.1. The van der Waals surface area contributed by atoms with Crippen LogP contribution in [0.2, 0.25) is 0 Å². The molecule has 0 rings (SSSR count). The molecule has 0 radical (unpaired) electrons. The van der Waals surface area contributed by atoms with E-state index in [1.165, 1.54) is 0 Å². The van der Waals surface area contributed by atoms with Crippen LogP contribution in [0.5, 0.6) is 0 Å². The number of carbonyl (C=O) groups is 1. The lowest BCUT2D eigenvalue weighted by molar-refractivity contribution is -0.155. The Morgan fingerprint density at radius 1 is 1.58 bits per heavy atom. The molecule has 0 bridgehead atoms. The number of ether oxygens (including phenoxy) is 1. The van der Waals surface area contributed by atoms with E-state index < -0.39 is 5.60 Å². The highest BCUT2D eigenvalue weighted by Crippen LogP contribution is 2.10. The second-order valence-electron chi connectivity index (χ2n) is 3.82. The van der Waals surface area contributed by atoms with Crippen molar-refractivity contribution in [3.8, 4) is 6.07 Å². The van der Waals surface area contributed by atoms with E-state index in [1.54, 1.807) is 6.92 Å². The molecule has 1 atom stereocenters. The number of esters is 1. The van der Waals surface area contributed by atoms with Crippen molar-refractivity contribution in [3.63, 3.8) is 0 Å². The highest BCUT2D eigenvalue weighted by atomic mass is 16.6. The van der Waals surface area contributed by atoms with Gasteiger partial charge in [0.15, 0.2) is 0 Å². The molecule has 0 aliphatic rings. The van der Waals surface area contributed by atoms with Gasteiger partial charge < -0.3 is 4.74 Å². The van der Waals surface area contributed by atoms with Gasteiger partial charge in [-0.25, -0.2) is 0 Å². The zero-order valence-corrected chi connectivity index (χ0v) is 8.05. The number of rotatable bonds is 2. The van der Waals surface area contributed by atoms with Crippen LogP contribution in [0.25, 0.3) is 0 Å². The molecule has 12 heavy (non-hydrogen) atoms. The van der Waals surface area contributed by atoms with Gasteiger partial charge in [0, 0.05) is 0 Å². The van der Waals surface area contributed by atoms with Crippen molar-refractivity contribution in [2.45, 2.75) is 39.7 Å². The molecule has 0 saturated carbocycles. The van der Waals surface area contributed by atoms with Crippen LogP contribution >= 0.6 is 0 Å². The van der Waals surface area contributed by atoms with E-state index in [0.717, 1.165) is 0 Å². The van der Waals surface area contributed by atoms with Crippen LogP contribution < -0.4 is 0 Å². The molecule has 0 aromatic rings. The van der Waals surface area contributed by atoms with Crippen molar-refractivity contribution < 1.29 is 9.53 Å². The standard InChI is InChI=1S/C9H15NO2/c1-7(6-10)5-8(11)12-9(2,3)4/h7H,5H2,1-4H3. The first-order valence-electron chi connectivity index (χ1n) is 3.96. The van der Waals surface area contributed by atoms with Crippen molar-refractivity contribution in [2.75, 3.05) is 0 Å². The predicted octanol–water partition coefficient (Wildman–Crippen LogP) is 1.88. The van der Waals surface area contributed by atoms with Crippen LogP contribution in [0, 0.1) is 17.2 Å². The van der Waals surface area contributed by atoms with Crippen molar-refractivity contribution >= 4 is 5.97 Å². The summed E-state index contributed by atoms with van der Waals surface area (Å²) in [5.74, 6) is -0.573. The molecule has 0 aliphatic heterocycles. The van der Waals surface area contributed by atoms with Gasteiger partial charge in [-0.05, 0) is 27.7 Å². The first kappa shape index (κ1) is 11.0. The highest BCUT2D eigenvalue weighted by molar-refractivity contribution is 5.70. The Hall–Kier alpha value is -1.04. The van der Waals surface area contributed by atoms with Gasteiger partial charge in [0.05, 0.1) is 18.4 Å². The first-order valence-corrected chi connectivity index (χ1v) is 3.96. The second kappa shape index (κ2) is 4.10. The Morgan fingerprint density at radius 3 is 2.42 bits per heavy atom. The normalized spacial score (nSPS) is 13.2. The average molecular weight is 169 g/mol. The summed E-state index contributed by atoms with van der Waals surface area (Å²) in [7, 11) is 0. The van der Waals surface area contributed by atoms with E-state index in [1.807, 2.05) is 26.8 Å². The minimum atomic E-state index is -0.452. The number of carbonyl (C=O) groups excluding carboxylic acids is 1. The van der Waals surface area contributed by atoms with Gasteiger partial charge in [-0.2, -0.15) is 5.26 Å². The minimum Gasteiger partial charge on any atom is -0.460 e. The zero-order valence-electron chi connectivity index (χ0n) is 8.05. The summed E-state index contributed by atoms with van der Waals surface area (Å²) >= 11 is 0. The lowest BCUT2D eigenvalue weighted by Crippen LogP contribution is -2.24. The van der Waals surface area contributed by atoms with Gasteiger partial charge in [-0.15, -0.1) is 0 Å². The largest absolute Gasteiger partial charge is 0.460 e. The Balaban J connectivity index is 3.85. The predicted molar refractivity (Wildman–Crippen MR) is 45.2 cm³/mol. The topological polar surface area (TPSA) is 50.1 Å². The fourth-order valence-corrected chi connectivity index (χ4v) is 0.679. The Morgan fingerprint density at radius 2 is 2.08 bits per heavy atom. The van der Waals surface area contributed by atoms with Gasteiger partial charge in [-0.3, -0.25) is 4.79 Å². The lowest BCUT2D eigenvalue weighted by Gasteiger charge is -2.19. The molecule has 1 unspecified atom stereocenters. The quantitative estimate of drug-likeness (QED) is 0.593.